The first-order valence-corrected chi connectivity index (χ1v) is 4.38. The zero-order valence-corrected chi connectivity index (χ0v) is 8.21. The second-order valence-corrected chi connectivity index (χ2v) is 3.38. The predicted molar refractivity (Wildman–Crippen MR) is 49.7 cm³/mol. The van der Waals surface area contributed by atoms with Gasteiger partial charge in [-0.05, 0) is 12.0 Å². The van der Waals surface area contributed by atoms with Crippen LogP contribution < -0.4 is 0 Å². The second-order valence-electron chi connectivity index (χ2n) is 3.38. The molecule has 1 aromatic heterocycles. The van der Waals surface area contributed by atoms with Gasteiger partial charge in [-0.3, -0.25) is 10.0 Å². The standard InChI is InChI=1S/C9H13N3O2/c1-7(2)5-12(14)9(13)8-3-4-10-6-11-8/h3-4,6-7,14H,5H2,1-2H3. The zero-order valence-electron chi connectivity index (χ0n) is 8.21. The van der Waals surface area contributed by atoms with E-state index in [4.69, 9.17) is 0 Å². The van der Waals surface area contributed by atoms with Crippen molar-refractivity contribution in [3.05, 3.63) is 24.3 Å². The topological polar surface area (TPSA) is 66.3 Å². The lowest BCUT2D eigenvalue weighted by atomic mass is 10.2. The molecule has 0 fully saturated rings. The van der Waals surface area contributed by atoms with Crippen LogP contribution in [-0.2, 0) is 0 Å². The van der Waals surface area contributed by atoms with Gasteiger partial charge < -0.3 is 0 Å². The number of carbonyl (C=O) groups is 1. The molecular formula is C9H13N3O2. The van der Waals surface area contributed by atoms with Gasteiger partial charge in [0.15, 0.2) is 0 Å². The third-order valence-corrected chi connectivity index (χ3v) is 1.57. The van der Waals surface area contributed by atoms with E-state index in [9.17, 15) is 10.0 Å². The average molecular weight is 195 g/mol. The maximum absolute atomic E-state index is 11.5. The van der Waals surface area contributed by atoms with E-state index in [2.05, 4.69) is 9.97 Å². The number of aromatic nitrogens is 2. The third kappa shape index (κ3) is 2.77. The molecule has 0 aliphatic rings. The molecule has 76 valence electrons. The van der Waals surface area contributed by atoms with Crippen LogP contribution in [0.2, 0.25) is 0 Å². The van der Waals surface area contributed by atoms with Gasteiger partial charge in [0.25, 0.3) is 5.91 Å². The summed E-state index contributed by atoms with van der Waals surface area (Å²) in [6.07, 6.45) is 2.74. The van der Waals surface area contributed by atoms with Crippen molar-refractivity contribution in [3.8, 4) is 0 Å². The van der Waals surface area contributed by atoms with Crippen molar-refractivity contribution >= 4 is 5.91 Å². The van der Waals surface area contributed by atoms with Crippen LogP contribution in [0.4, 0.5) is 0 Å². The average Bonchev–Trinajstić information content (AvgIpc) is 2.17. The normalized spacial score (nSPS) is 10.3. The molecule has 1 amide bonds. The van der Waals surface area contributed by atoms with Crippen LogP contribution in [0.3, 0.4) is 0 Å². The van der Waals surface area contributed by atoms with Crippen molar-refractivity contribution in [1.82, 2.24) is 15.0 Å². The Balaban J connectivity index is 2.66. The molecule has 1 aromatic rings. The lowest BCUT2D eigenvalue weighted by Gasteiger charge is -2.16. The SMILES string of the molecule is CC(C)CN(O)C(=O)c1ccncn1. The number of rotatable bonds is 3. The second kappa shape index (κ2) is 4.66. The fraction of sp³-hybridized carbons (Fsp3) is 0.444. The fourth-order valence-electron chi connectivity index (χ4n) is 0.978. The molecule has 0 unspecified atom stereocenters. The molecule has 0 atom stereocenters. The van der Waals surface area contributed by atoms with Crippen LogP contribution in [0.5, 0.6) is 0 Å². The van der Waals surface area contributed by atoms with Gasteiger partial charge in [-0.1, -0.05) is 13.8 Å². The van der Waals surface area contributed by atoms with Gasteiger partial charge in [0.2, 0.25) is 0 Å². The highest BCUT2D eigenvalue weighted by atomic mass is 16.5. The predicted octanol–water partition coefficient (Wildman–Crippen LogP) is 0.964. The van der Waals surface area contributed by atoms with Gasteiger partial charge in [-0.2, -0.15) is 0 Å². The summed E-state index contributed by atoms with van der Waals surface area (Å²) in [5.74, 6) is -0.285. The number of hydrogen-bond acceptors (Lipinski definition) is 4. The summed E-state index contributed by atoms with van der Waals surface area (Å²) in [5, 5.41) is 10.0. The van der Waals surface area contributed by atoms with Crippen LogP contribution in [0, 0.1) is 5.92 Å². The number of nitrogens with zero attached hydrogens (tertiary/aromatic N) is 3. The minimum atomic E-state index is -0.499. The van der Waals surface area contributed by atoms with Crippen LogP contribution in [0.25, 0.3) is 0 Å². The van der Waals surface area contributed by atoms with E-state index in [1.165, 1.54) is 18.6 Å². The summed E-state index contributed by atoms with van der Waals surface area (Å²) < 4.78 is 0. The molecule has 0 radical (unpaired) electrons. The Labute approximate surface area is 82.4 Å². The van der Waals surface area contributed by atoms with Crippen molar-refractivity contribution in [1.29, 1.82) is 0 Å². The van der Waals surface area contributed by atoms with E-state index in [0.717, 1.165) is 0 Å². The molecule has 0 aromatic carbocycles. The summed E-state index contributed by atoms with van der Waals surface area (Å²) in [6, 6.07) is 1.46. The van der Waals surface area contributed by atoms with Gasteiger partial charge in [-0.25, -0.2) is 15.0 Å². The van der Waals surface area contributed by atoms with Gasteiger partial charge >= 0.3 is 0 Å². The maximum atomic E-state index is 11.5. The van der Waals surface area contributed by atoms with Crippen LogP contribution >= 0.6 is 0 Å². The quantitative estimate of drug-likeness (QED) is 0.576. The van der Waals surface area contributed by atoms with E-state index in [-0.39, 0.29) is 11.6 Å². The maximum Gasteiger partial charge on any atom is 0.295 e. The Bertz CT molecular complexity index is 300. The van der Waals surface area contributed by atoms with E-state index in [1.807, 2.05) is 13.8 Å². The minimum absolute atomic E-state index is 0.197. The summed E-state index contributed by atoms with van der Waals surface area (Å²) >= 11 is 0. The first kappa shape index (κ1) is 10.6. The van der Waals surface area contributed by atoms with Crippen LogP contribution in [-0.4, -0.2) is 32.7 Å². The van der Waals surface area contributed by atoms with E-state index < -0.39 is 5.91 Å². The Morgan fingerprint density at radius 1 is 1.64 bits per heavy atom. The molecular weight excluding hydrogens is 182 g/mol. The largest absolute Gasteiger partial charge is 0.295 e. The van der Waals surface area contributed by atoms with Crippen molar-refractivity contribution < 1.29 is 10.0 Å². The highest BCUT2D eigenvalue weighted by molar-refractivity contribution is 5.91. The number of hydroxylamine groups is 2. The smallest absolute Gasteiger partial charge is 0.286 e. The summed E-state index contributed by atoms with van der Waals surface area (Å²) in [4.78, 5) is 18.9. The molecule has 0 aliphatic carbocycles. The molecule has 14 heavy (non-hydrogen) atoms. The molecule has 0 saturated carbocycles. The molecule has 1 N–H and O–H groups in total. The number of hydrogen-bond donors (Lipinski definition) is 1. The fourth-order valence-corrected chi connectivity index (χ4v) is 0.978. The Hall–Kier alpha value is -1.49. The van der Waals surface area contributed by atoms with Crippen molar-refractivity contribution in [3.63, 3.8) is 0 Å². The molecule has 1 heterocycles. The highest BCUT2D eigenvalue weighted by Gasteiger charge is 2.15. The third-order valence-electron chi connectivity index (χ3n) is 1.57. The lowest BCUT2D eigenvalue weighted by Crippen LogP contribution is -2.31. The monoisotopic (exact) mass is 195 g/mol. The summed E-state index contributed by atoms with van der Waals surface area (Å²) in [5.41, 5.74) is 0.197. The Morgan fingerprint density at radius 3 is 2.86 bits per heavy atom. The molecule has 5 nitrogen and oxygen atoms in total. The van der Waals surface area contributed by atoms with Gasteiger partial charge in [0.1, 0.15) is 12.0 Å². The first-order valence-electron chi connectivity index (χ1n) is 4.38. The first-order chi connectivity index (χ1) is 6.61. The number of amides is 1. The molecule has 0 bridgehead atoms. The van der Waals surface area contributed by atoms with Crippen LogP contribution in [0.15, 0.2) is 18.6 Å². The van der Waals surface area contributed by atoms with Gasteiger partial charge in [-0.15, -0.1) is 0 Å². The molecule has 0 aliphatic heterocycles. The Morgan fingerprint density at radius 2 is 2.36 bits per heavy atom. The van der Waals surface area contributed by atoms with E-state index in [1.54, 1.807) is 0 Å². The molecule has 1 rings (SSSR count). The van der Waals surface area contributed by atoms with Crippen molar-refractivity contribution in [2.75, 3.05) is 6.54 Å². The number of carbonyl (C=O) groups excluding carboxylic acids is 1. The molecule has 0 spiro atoms. The molecule has 0 saturated heterocycles. The van der Waals surface area contributed by atoms with E-state index >= 15 is 0 Å². The summed E-state index contributed by atoms with van der Waals surface area (Å²) in [7, 11) is 0. The van der Waals surface area contributed by atoms with Gasteiger partial charge in [0.05, 0.1) is 6.54 Å². The van der Waals surface area contributed by atoms with Crippen molar-refractivity contribution in [2.24, 2.45) is 5.92 Å². The zero-order chi connectivity index (χ0) is 10.6. The van der Waals surface area contributed by atoms with Crippen LogP contribution in [0.1, 0.15) is 24.3 Å². The van der Waals surface area contributed by atoms with E-state index in [0.29, 0.717) is 11.6 Å². The van der Waals surface area contributed by atoms with Crippen molar-refractivity contribution in [2.45, 2.75) is 13.8 Å². The van der Waals surface area contributed by atoms with Gasteiger partial charge in [0, 0.05) is 6.20 Å². The lowest BCUT2D eigenvalue weighted by molar-refractivity contribution is -0.0651. The minimum Gasteiger partial charge on any atom is -0.286 e. The highest BCUT2D eigenvalue weighted by Crippen LogP contribution is 2.01. The molecule has 5 heteroatoms. The Kier molecular flexibility index (Phi) is 3.53. The summed E-state index contributed by atoms with van der Waals surface area (Å²) in [6.45, 7) is 4.12.